The quantitative estimate of drug-likeness (QED) is 0.692. The van der Waals surface area contributed by atoms with Gasteiger partial charge in [0.25, 0.3) is 0 Å². The van der Waals surface area contributed by atoms with Crippen LogP contribution in [0.4, 0.5) is 11.8 Å². The number of aryl methyl sites for hydroxylation is 1. The van der Waals surface area contributed by atoms with E-state index < -0.39 is 0 Å². The Labute approximate surface area is 72.2 Å². The Balaban J connectivity index is 2.90. The average molecular weight is 166 g/mol. The number of rotatable bonds is 2. The summed E-state index contributed by atoms with van der Waals surface area (Å²) in [5.74, 6) is 1.13. The molecular weight excluding hydrogens is 152 g/mol. The summed E-state index contributed by atoms with van der Waals surface area (Å²) < 4.78 is 0. The fourth-order valence-electron chi connectivity index (χ4n) is 0.875. The Hall–Kier alpha value is -1.32. The summed E-state index contributed by atoms with van der Waals surface area (Å²) in [7, 11) is 0. The number of nitrogens with two attached hydrogens (primary N) is 1. The first-order valence-corrected chi connectivity index (χ1v) is 3.95. The highest BCUT2D eigenvalue weighted by atomic mass is 15.1. The lowest BCUT2D eigenvalue weighted by Crippen LogP contribution is -2.13. The molecule has 0 spiro atoms. The number of hydrogen-bond acceptors (Lipinski definition) is 4. The predicted octanol–water partition coefficient (Wildman–Crippen LogP) is 1.19. The number of nitrogen functional groups attached to an aromatic ring is 1. The van der Waals surface area contributed by atoms with E-state index in [9.17, 15) is 0 Å². The third-order valence-electron chi connectivity index (χ3n) is 1.42. The van der Waals surface area contributed by atoms with Gasteiger partial charge in [0.1, 0.15) is 5.82 Å². The normalized spacial score (nSPS) is 10.3. The highest BCUT2D eigenvalue weighted by Crippen LogP contribution is 2.11. The van der Waals surface area contributed by atoms with E-state index in [1.54, 1.807) is 6.20 Å². The van der Waals surface area contributed by atoms with Crippen LogP contribution in [0.25, 0.3) is 0 Å². The highest BCUT2D eigenvalue weighted by Gasteiger charge is 2.01. The minimum Gasteiger partial charge on any atom is -0.368 e. The number of nitrogens with zero attached hydrogens (tertiary/aromatic N) is 2. The van der Waals surface area contributed by atoms with Crippen molar-refractivity contribution in [2.45, 2.75) is 26.8 Å². The van der Waals surface area contributed by atoms with Crippen molar-refractivity contribution in [3.63, 3.8) is 0 Å². The Morgan fingerprint density at radius 2 is 2.17 bits per heavy atom. The van der Waals surface area contributed by atoms with Crippen LogP contribution in [0.3, 0.4) is 0 Å². The second kappa shape index (κ2) is 3.38. The zero-order valence-electron chi connectivity index (χ0n) is 7.63. The summed E-state index contributed by atoms with van der Waals surface area (Å²) in [5.41, 5.74) is 6.45. The van der Waals surface area contributed by atoms with Crippen molar-refractivity contribution in [3.8, 4) is 0 Å². The molecule has 1 rings (SSSR count). The van der Waals surface area contributed by atoms with Gasteiger partial charge in [0, 0.05) is 17.8 Å². The van der Waals surface area contributed by atoms with Crippen LogP contribution in [-0.2, 0) is 0 Å². The molecule has 0 aliphatic carbocycles. The van der Waals surface area contributed by atoms with Crippen LogP contribution in [0.15, 0.2) is 6.20 Å². The van der Waals surface area contributed by atoms with Crippen LogP contribution < -0.4 is 11.1 Å². The van der Waals surface area contributed by atoms with Gasteiger partial charge in [0.15, 0.2) is 0 Å². The molecule has 66 valence electrons. The molecular formula is C8H14N4. The summed E-state index contributed by atoms with van der Waals surface area (Å²) in [4.78, 5) is 7.94. The maximum Gasteiger partial charge on any atom is 0.221 e. The van der Waals surface area contributed by atoms with E-state index in [4.69, 9.17) is 5.73 Å². The van der Waals surface area contributed by atoms with E-state index in [0.29, 0.717) is 12.0 Å². The minimum absolute atomic E-state index is 0.309. The predicted molar refractivity (Wildman–Crippen MR) is 49.9 cm³/mol. The third-order valence-corrected chi connectivity index (χ3v) is 1.42. The monoisotopic (exact) mass is 166 g/mol. The molecule has 12 heavy (non-hydrogen) atoms. The molecule has 0 aliphatic heterocycles. The number of hydrogen-bond donors (Lipinski definition) is 2. The maximum absolute atomic E-state index is 5.44. The molecule has 1 heterocycles. The Morgan fingerprint density at radius 1 is 1.50 bits per heavy atom. The fraction of sp³-hybridized carbons (Fsp3) is 0.500. The summed E-state index contributed by atoms with van der Waals surface area (Å²) in [5, 5.41) is 3.18. The van der Waals surface area contributed by atoms with Crippen molar-refractivity contribution in [2.75, 3.05) is 11.1 Å². The first kappa shape index (κ1) is 8.77. The summed E-state index contributed by atoms with van der Waals surface area (Å²) in [6.07, 6.45) is 1.72. The lowest BCUT2D eigenvalue weighted by Gasteiger charge is -2.10. The summed E-state index contributed by atoms with van der Waals surface area (Å²) in [6, 6.07) is 0.359. The van der Waals surface area contributed by atoms with Gasteiger partial charge < -0.3 is 11.1 Å². The lowest BCUT2D eigenvalue weighted by atomic mass is 10.3. The van der Waals surface area contributed by atoms with Crippen molar-refractivity contribution < 1.29 is 0 Å². The molecule has 0 saturated heterocycles. The molecule has 0 bridgehead atoms. The van der Waals surface area contributed by atoms with Crippen LogP contribution in [0, 0.1) is 6.92 Å². The van der Waals surface area contributed by atoms with E-state index in [0.717, 1.165) is 11.4 Å². The molecule has 3 N–H and O–H groups in total. The van der Waals surface area contributed by atoms with E-state index in [2.05, 4.69) is 29.1 Å². The largest absolute Gasteiger partial charge is 0.368 e. The minimum atomic E-state index is 0.309. The van der Waals surface area contributed by atoms with E-state index in [1.807, 2.05) is 6.92 Å². The SMILES string of the molecule is Cc1cnc(N)nc1NC(C)C. The second-order valence-electron chi connectivity index (χ2n) is 3.06. The molecule has 0 aliphatic rings. The van der Waals surface area contributed by atoms with Crippen LogP contribution in [-0.4, -0.2) is 16.0 Å². The molecule has 0 radical (unpaired) electrons. The Morgan fingerprint density at radius 3 is 2.75 bits per heavy atom. The van der Waals surface area contributed by atoms with Gasteiger partial charge in [-0.15, -0.1) is 0 Å². The van der Waals surface area contributed by atoms with Crippen LogP contribution in [0.2, 0.25) is 0 Å². The zero-order chi connectivity index (χ0) is 9.14. The van der Waals surface area contributed by atoms with Gasteiger partial charge in [-0.05, 0) is 20.8 Å². The van der Waals surface area contributed by atoms with Gasteiger partial charge in [0.2, 0.25) is 5.95 Å². The smallest absolute Gasteiger partial charge is 0.221 e. The van der Waals surface area contributed by atoms with E-state index in [1.165, 1.54) is 0 Å². The van der Waals surface area contributed by atoms with Crippen molar-refractivity contribution in [3.05, 3.63) is 11.8 Å². The lowest BCUT2D eigenvalue weighted by molar-refractivity contribution is 0.883. The summed E-state index contributed by atoms with van der Waals surface area (Å²) >= 11 is 0. The van der Waals surface area contributed by atoms with E-state index >= 15 is 0 Å². The van der Waals surface area contributed by atoms with Gasteiger partial charge in [-0.2, -0.15) is 4.98 Å². The number of anilines is 2. The number of nitrogens with one attached hydrogen (secondary N) is 1. The third kappa shape index (κ3) is 2.08. The molecule has 0 amide bonds. The molecule has 0 saturated carbocycles. The topological polar surface area (TPSA) is 63.8 Å². The molecule has 0 atom stereocenters. The van der Waals surface area contributed by atoms with Gasteiger partial charge in [-0.25, -0.2) is 4.98 Å². The van der Waals surface area contributed by atoms with Gasteiger partial charge in [0.05, 0.1) is 0 Å². The van der Waals surface area contributed by atoms with E-state index in [-0.39, 0.29) is 0 Å². The Kier molecular flexibility index (Phi) is 2.47. The highest BCUT2D eigenvalue weighted by molar-refractivity contribution is 5.45. The molecule has 0 aromatic carbocycles. The first-order chi connectivity index (χ1) is 5.59. The van der Waals surface area contributed by atoms with Crippen LogP contribution >= 0.6 is 0 Å². The zero-order valence-corrected chi connectivity index (χ0v) is 7.63. The van der Waals surface area contributed by atoms with Gasteiger partial charge >= 0.3 is 0 Å². The second-order valence-corrected chi connectivity index (χ2v) is 3.06. The van der Waals surface area contributed by atoms with Crippen molar-refractivity contribution in [2.24, 2.45) is 0 Å². The molecule has 1 aromatic rings. The molecule has 4 heteroatoms. The summed E-state index contributed by atoms with van der Waals surface area (Å²) in [6.45, 7) is 6.06. The fourth-order valence-corrected chi connectivity index (χ4v) is 0.875. The van der Waals surface area contributed by atoms with Gasteiger partial charge in [-0.1, -0.05) is 0 Å². The van der Waals surface area contributed by atoms with Crippen molar-refractivity contribution >= 4 is 11.8 Å². The first-order valence-electron chi connectivity index (χ1n) is 3.95. The molecule has 4 nitrogen and oxygen atoms in total. The van der Waals surface area contributed by atoms with Gasteiger partial charge in [-0.3, -0.25) is 0 Å². The van der Waals surface area contributed by atoms with Crippen molar-refractivity contribution in [1.82, 2.24) is 9.97 Å². The molecule has 0 unspecified atom stereocenters. The molecule has 0 fully saturated rings. The van der Waals surface area contributed by atoms with Crippen molar-refractivity contribution in [1.29, 1.82) is 0 Å². The van der Waals surface area contributed by atoms with Crippen LogP contribution in [0.1, 0.15) is 19.4 Å². The number of aromatic nitrogens is 2. The average Bonchev–Trinajstić information content (AvgIpc) is 1.96. The van der Waals surface area contributed by atoms with Crippen LogP contribution in [0.5, 0.6) is 0 Å². The standard InChI is InChI=1S/C8H14N4/c1-5(2)11-7-6(3)4-10-8(9)12-7/h4-5H,1-3H3,(H3,9,10,11,12). The Bertz CT molecular complexity index is 270. The molecule has 1 aromatic heterocycles. The maximum atomic E-state index is 5.44.